The minimum absolute atomic E-state index is 0.479. The molecule has 3 nitrogen and oxygen atoms in total. The maximum absolute atomic E-state index is 4.50. The average molecular weight is 235 g/mol. The predicted octanol–water partition coefficient (Wildman–Crippen LogP) is 3.76. The van der Waals surface area contributed by atoms with Gasteiger partial charge in [0.15, 0.2) is 0 Å². The standard InChI is InChI=1S/C14H25N3/c1-5-7-8-9-12(3)15-14-16-13(4)11-17(14)10-6-2/h6,11-12H,2,5,7-10H2,1,3-4H3,(H,15,16). The first-order valence-corrected chi connectivity index (χ1v) is 6.58. The third-order valence-electron chi connectivity index (χ3n) is 2.84. The van der Waals surface area contributed by atoms with Gasteiger partial charge in [-0.1, -0.05) is 32.3 Å². The van der Waals surface area contributed by atoms with Crippen molar-refractivity contribution >= 4 is 5.95 Å². The van der Waals surface area contributed by atoms with E-state index in [4.69, 9.17) is 0 Å². The number of hydrogen-bond acceptors (Lipinski definition) is 2. The van der Waals surface area contributed by atoms with Crippen molar-refractivity contribution in [2.24, 2.45) is 0 Å². The molecule has 1 rings (SSSR count). The van der Waals surface area contributed by atoms with Gasteiger partial charge in [-0.3, -0.25) is 0 Å². The summed E-state index contributed by atoms with van der Waals surface area (Å²) in [5.41, 5.74) is 1.05. The zero-order valence-electron chi connectivity index (χ0n) is 11.4. The van der Waals surface area contributed by atoms with Crippen LogP contribution in [0, 0.1) is 6.92 Å². The zero-order chi connectivity index (χ0) is 12.7. The number of imidazole rings is 1. The van der Waals surface area contributed by atoms with Crippen molar-refractivity contribution in [2.45, 2.75) is 59.0 Å². The molecule has 0 radical (unpaired) electrons. The Hall–Kier alpha value is -1.25. The molecule has 0 fully saturated rings. The molecule has 0 bridgehead atoms. The molecule has 0 aromatic carbocycles. The van der Waals surface area contributed by atoms with Crippen molar-refractivity contribution in [1.29, 1.82) is 0 Å². The molecule has 0 saturated carbocycles. The van der Waals surface area contributed by atoms with Gasteiger partial charge in [-0.05, 0) is 20.3 Å². The smallest absolute Gasteiger partial charge is 0.203 e. The highest BCUT2D eigenvalue weighted by Gasteiger charge is 2.07. The van der Waals surface area contributed by atoms with Gasteiger partial charge in [0.05, 0.1) is 5.69 Å². The molecule has 1 aromatic rings. The number of aryl methyl sites for hydroxylation is 1. The van der Waals surface area contributed by atoms with Crippen LogP contribution in [0.3, 0.4) is 0 Å². The number of hydrogen-bond donors (Lipinski definition) is 1. The molecule has 0 amide bonds. The predicted molar refractivity (Wildman–Crippen MR) is 74.4 cm³/mol. The molecule has 0 aliphatic carbocycles. The molecule has 0 spiro atoms. The fourth-order valence-corrected chi connectivity index (χ4v) is 1.93. The Balaban J connectivity index is 2.51. The first kappa shape index (κ1) is 13.8. The second-order valence-electron chi connectivity index (χ2n) is 4.69. The lowest BCUT2D eigenvalue weighted by atomic mass is 10.1. The molecule has 1 heterocycles. The van der Waals surface area contributed by atoms with Gasteiger partial charge in [-0.25, -0.2) is 4.98 Å². The highest BCUT2D eigenvalue weighted by molar-refractivity contribution is 5.30. The quantitative estimate of drug-likeness (QED) is 0.549. The van der Waals surface area contributed by atoms with E-state index in [9.17, 15) is 0 Å². The van der Waals surface area contributed by atoms with Gasteiger partial charge < -0.3 is 9.88 Å². The second kappa shape index (κ2) is 7.15. The van der Waals surface area contributed by atoms with Crippen molar-refractivity contribution in [1.82, 2.24) is 9.55 Å². The highest BCUT2D eigenvalue weighted by Crippen LogP contribution is 2.12. The van der Waals surface area contributed by atoms with Crippen LogP contribution in [0.1, 0.15) is 45.2 Å². The van der Waals surface area contributed by atoms with E-state index in [0.29, 0.717) is 6.04 Å². The molecule has 96 valence electrons. The molecule has 3 heteroatoms. The molecule has 17 heavy (non-hydrogen) atoms. The Morgan fingerprint density at radius 2 is 2.29 bits per heavy atom. The van der Waals surface area contributed by atoms with Gasteiger partial charge in [0.25, 0.3) is 0 Å². The number of aromatic nitrogens is 2. The fraction of sp³-hybridized carbons (Fsp3) is 0.643. The largest absolute Gasteiger partial charge is 0.353 e. The van der Waals surface area contributed by atoms with Crippen LogP contribution < -0.4 is 5.32 Å². The third-order valence-corrected chi connectivity index (χ3v) is 2.84. The minimum Gasteiger partial charge on any atom is -0.353 e. The van der Waals surface area contributed by atoms with E-state index in [1.807, 2.05) is 13.0 Å². The summed E-state index contributed by atoms with van der Waals surface area (Å²) in [7, 11) is 0. The van der Waals surface area contributed by atoms with E-state index < -0.39 is 0 Å². The van der Waals surface area contributed by atoms with Crippen molar-refractivity contribution < 1.29 is 0 Å². The number of allylic oxidation sites excluding steroid dienone is 1. The maximum Gasteiger partial charge on any atom is 0.203 e. The lowest BCUT2D eigenvalue weighted by Gasteiger charge is -2.15. The van der Waals surface area contributed by atoms with Gasteiger partial charge in [-0.15, -0.1) is 6.58 Å². The number of nitrogens with one attached hydrogen (secondary N) is 1. The summed E-state index contributed by atoms with van der Waals surface area (Å²) in [6.07, 6.45) is 9.03. The Morgan fingerprint density at radius 3 is 2.94 bits per heavy atom. The minimum atomic E-state index is 0.479. The number of nitrogens with zero attached hydrogens (tertiary/aromatic N) is 2. The first-order valence-electron chi connectivity index (χ1n) is 6.58. The van der Waals surface area contributed by atoms with Gasteiger partial charge in [0.1, 0.15) is 0 Å². The Bertz CT molecular complexity index is 341. The molecule has 1 unspecified atom stereocenters. The van der Waals surface area contributed by atoms with Crippen LogP contribution in [0.5, 0.6) is 0 Å². The fourth-order valence-electron chi connectivity index (χ4n) is 1.93. The summed E-state index contributed by atoms with van der Waals surface area (Å²) in [6, 6.07) is 0.479. The summed E-state index contributed by atoms with van der Waals surface area (Å²) < 4.78 is 2.11. The zero-order valence-corrected chi connectivity index (χ0v) is 11.4. The second-order valence-corrected chi connectivity index (χ2v) is 4.69. The van der Waals surface area contributed by atoms with Crippen LogP contribution in [0.4, 0.5) is 5.95 Å². The summed E-state index contributed by atoms with van der Waals surface area (Å²) in [4.78, 5) is 4.50. The van der Waals surface area contributed by atoms with Gasteiger partial charge in [-0.2, -0.15) is 0 Å². The topological polar surface area (TPSA) is 29.9 Å². The lowest BCUT2D eigenvalue weighted by Crippen LogP contribution is -2.18. The average Bonchev–Trinajstić information content (AvgIpc) is 2.60. The van der Waals surface area contributed by atoms with E-state index in [0.717, 1.165) is 18.2 Å². The first-order chi connectivity index (χ1) is 8.17. The number of anilines is 1. The van der Waals surface area contributed by atoms with Gasteiger partial charge in [0.2, 0.25) is 5.95 Å². The molecular formula is C14H25N3. The van der Waals surface area contributed by atoms with E-state index in [-0.39, 0.29) is 0 Å². The Kier molecular flexibility index (Phi) is 5.81. The van der Waals surface area contributed by atoms with Crippen LogP contribution in [-0.2, 0) is 6.54 Å². The SMILES string of the molecule is C=CCn1cc(C)nc1NC(C)CCCCC. The van der Waals surface area contributed by atoms with E-state index in [1.165, 1.54) is 25.7 Å². The van der Waals surface area contributed by atoms with Crippen LogP contribution in [0.25, 0.3) is 0 Å². The molecule has 0 aliphatic heterocycles. The Labute approximate surface area is 105 Å². The monoisotopic (exact) mass is 235 g/mol. The van der Waals surface area contributed by atoms with Gasteiger partial charge >= 0.3 is 0 Å². The van der Waals surface area contributed by atoms with Crippen molar-refractivity contribution in [2.75, 3.05) is 5.32 Å². The van der Waals surface area contributed by atoms with E-state index in [1.54, 1.807) is 0 Å². The van der Waals surface area contributed by atoms with Crippen LogP contribution in [-0.4, -0.2) is 15.6 Å². The van der Waals surface area contributed by atoms with Crippen molar-refractivity contribution in [3.63, 3.8) is 0 Å². The molecule has 0 aliphatic rings. The maximum atomic E-state index is 4.50. The normalized spacial score (nSPS) is 12.4. The van der Waals surface area contributed by atoms with Crippen molar-refractivity contribution in [3.05, 3.63) is 24.5 Å². The van der Waals surface area contributed by atoms with Crippen LogP contribution in [0.2, 0.25) is 0 Å². The molecule has 1 aromatic heterocycles. The number of rotatable bonds is 8. The third kappa shape index (κ3) is 4.63. The molecule has 0 saturated heterocycles. The summed E-state index contributed by atoms with van der Waals surface area (Å²) in [6.45, 7) is 11.1. The van der Waals surface area contributed by atoms with Crippen molar-refractivity contribution in [3.8, 4) is 0 Å². The summed E-state index contributed by atoms with van der Waals surface area (Å²) in [5, 5.41) is 3.48. The molecule has 1 atom stereocenters. The summed E-state index contributed by atoms with van der Waals surface area (Å²) in [5.74, 6) is 0.964. The van der Waals surface area contributed by atoms with Gasteiger partial charge in [0, 0.05) is 18.8 Å². The number of unbranched alkanes of at least 4 members (excludes halogenated alkanes) is 2. The van der Waals surface area contributed by atoms with Crippen LogP contribution in [0.15, 0.2) is 18.9 Å². The Morgan fingerprint density at radius 1 is 1.53 bits per heavy atom. The van der Waals surface area contributed by atoms with Crippen LogP contribution >= 0.6 is 0 Å². The van der Waals surface area contributed by atoms with E-state index in [2.05, 4.69) is 41.5 Å². The highest BCUT2D eigenvalue weighted by atomic mass is 15.2. The molecule has 1 N–H and O–H groups in total. The lowest BCUT2D eigenvalue weighted by molar-refractivity contribution is 0.608. The molecular weight excluding hydrogens is 210 g/mol. The summed E-state index contributed by atoms with van der Waals surface area (Å²) >= 11 is 0. The van der Waals surface area contributed by atoms with E-state index >= 15 is 0 Å².